The van der Waals surface area contributed by atoms with Crippen molar-refractivity contribution < 1.29 is 4.42 Å². The van der Waals surface area contributed by atoms with Crippen molar-refractivity contribution in [1.29, 1.82) is 0 Å². The molecule has 0 N–H and O–H groups in total. The lowest BCUT2D eigenvalue weighted by Crippen LogP contribution is -2.28. The molecule has 11 aromatic rings. The monoisotopic (exact) mass is 790 g/mol. The first-order valence-electron chi connectivity index (χ1n) is 21.1. The van der Waals surface area contributed by atoms with Crippen molar-refractivity contribution in [2.75, 3.05) is 0 Å². The van der Waals surface area contributed by atoms with E-state index in [4.69, 9.17) is 14.4 Å². The Kier molecular flexibility index (Phi) is 8.39. The number of furan rings is 1. The molecule has 0 unspecified atom stereocenters. The van der Waals surface area contributed by atoms with E-state index < -0.39 is 5.41 Å². The van der Waals surface area contributed by atoms with Gasteiger partial charge < -0.3 is 4.42 Å². The number of rotatable bonds is 7. The summed E-state index contributed by atoms with van der Waals surface area (Å²) in [6.07, 6.45) is 0. The van der Waals surface area contributed by atoms with Gasteiger partial charge >= 0.3 is 0 Å². The third kappa shape index (κ3) is 5.74. The SMILES string of the molecule is c1ccc(-c2nc(-c3ccc4c(c3)-c3ccccc3C4(c3ccccc3)c3ccccc3)cc(-c3ccccc3-c3cccc(-c4ccc5oc6ccccc6c5c4)c3)n2)cc1. The van der Waals surface area contributed by atoms with E-state index in [1.165, 1.54) is 33.4 Å². The smallest absolute Gasteiger partial charge is 0.160 e. The lowest BCUT2D eigenvalue weighted by atomic mass is 9.67. The maximum absolute atomic E-state index is 6.16. The molecule has 0 fully saturated rings. The van der Waals surface area contributed by atoms with Gasteiger partial charge in [0.15, 0.2) is 5.82 Å². The molecule has 9 aromatic carbocycles. The van der Waals surface area contributed by atoms with E-state index in [2.05, 4.69) is 200 Å². The van der Waals surface area contributed by atoms with E-state index in [-0.39, 0.29) is 0 Å². The van der Waals surface area contributed by atoms with Gasteiger partial charge in [-0.3, -0.25) is 0 Å². The first kappa shape index (κ1) is 35.8. The van der Waals surface area contributed by atoms with Crippen LogP contribution in [0.15, 0.2) is 235 Å². The summed E-state index contributed by atoms with van der Waals surface area (Å²) >= 11 is 0. The highest BCUT2D eigenvalue weighted by molar-refractivity contribution is 6.06. The second kappa shape index (κ2) is 14.5. The fraction of sp³-hybridized carbons (Fsp3) is 0.0169. The highest BCUT2D eigenvalue weighted by atomic mass is 16.3. The van der Waals surface area contributed by atoms with Crippen LogP contribution in [0.1, 0.15) is 22.3 Å². The summed E-state index contributed by atoms with van der Waals surface area (Å²) in [7, 11) is 0. The quantitative estimate of drug-likeness (QED) is 0.161. The lowest BCUT2D eigenvalue weighted by Gasteiger charge is -2.33. The number of hydrogen-bond acceptors (Lipinski definition) is 3. The zero-order valence-corrected chi connectivity index (χ0v) is 33.7. The molecule has 0 atom stereocenters. The van der Waals surface area contributed by atoms with Crippen LogP contribution >= 0.6 is 0 Å². The number of nitrogens with zero attached hydrogens (tertiary/aromatic N) is 2. The van der Waals surface area contributed by atoms with Crippen molar-refractivity contribution in [3.05, 3.63) is 253 Å². The highest BCUT2D eigenvalue weighted by Gasteiger charge is 2.46. The summed E-state index contributed by atoms with van der Waals surface area (Å²) in [5, 5.41) is 2.24. The molecule has 2 aromatic heterocycles. The molecule has 0 saturated carbocycles. The summed E-state index contributed by atoms with van der Waals surface area (Å²) in [5.74, 6) is 0.686. The minimum atomic E-state index is -0.468. The average molecular weight is 791 g/mol. The van der Waals surface area contributed by atoms with Crippen LogP contribution in [-0.2, 0) is 5.41 Å². The minimum Gasteiger partial charge on any atom is -0.456 e. The fourth-order valence-electron chi connectivity index (χ4n) is 9.79. The zero-order chi connectivity index (χ0) is 41.0. The number of aromatic nitrogens is 2. The molecule has 3 nitrogen and oxygen atoms in total. The summed E-state index contributed by atoms with van der Waals surface area (Å²) in [6, 6.07) is 82.3. The van der Waals surface area contributed by atoms with Crippen LogP contribution in [-0.4, -0.2) is 9.97 Å². The van der Waals surface area contributed by atoms with Crippen LogP contribution in [0.25, 0.3) is 89.2 Å². The van der Waals surface area contributed by atoms with Gasteiger partial charge in [-0.15, -0.1) is 0 Å². The van der Waals surface area contributed by atoms with Crippen molar-refractivity contribution in [3.63, 3.8) is 0 Å². The molecule has 0 spiro atoms. The van der Waals surface area contributed by atoms with Gasteiger partial charge in [0.05, 0.1) is 16.8 Å². The standard InChI is InChI=1S/C59H38N2O/c1-4-17-39(18-5-1)58-60-54(43-31-33-53-50(37-43)47-26-12-14-29-52(47)59(53,44-21-6-2-7-22-44)45-23-8-3-9-24-45)38-55(61-58)48-27-11-10-25-46(48)42-20-16-19-40(35-42)41-32-34-57-51(36-41)49-28-13-15-30-56(49)62-57/h1-38H. The molecular weight excluding hydrogens is 753 g/mol. The van der Waals surface area contributed by atoms with Crippen LogP contribution < -0.4 is 0 Å². The first-order chi connectivity index (χ1) is 30.7. The Morgan fingerprint density at radius 1 is 0.306 bits per heavy atom. The third-order valence-corrected chi connectivity index (χ3v) is 12.6. The Bertz CT molecular complexity index is 3420. The number of hydrogen-bond donors (Lipinski definition) is 0. The van der Waals surface area contributed by atoms with Gasteiger partial charge in [-0.25, -0.2) is 9.97 Å². The van der Waals surface area contributed by atoms with Crippen molar-refractivity contribution in [2.24, 2.45) is 0 Å². The zero-order valence-electron chi connectivity index (χ0n) is 33.7. The molecule has 0 aliphatic heterocycles. The fourth-order valence-corrected chi connectivity index (χ4v) is 9.79. The molecule has 62 heavy (non-hydrogen) atoms. The van der Waals surface area contributed by atoms with Crippen molar-refractivity contribution in [3.8, 4) is 67.3 Å². The van der Waals surface area contributed by atoms with E-state index in [0.29, 0.717) is 5.82 Å². The van der Waals surface area contributed by atoms with E-state index in [1.54, 1.807) is 0 Å². The molecule has 1 aliphatic carbocycles. The van der Waals surface area contributed by atoms with Gasteiger partial charge in [0.25, 0.3) is 0 Å². The third-order valence-electron chi connectivity index (χ3n) is 12.6. The second-order valence-corrected chi connectivity index (χ2v) is 16.1. The average Bonchev–Trinajstić information content (AvgIpc) is 3.88. The Balaban J connectivity index is 1.01. The summed E-state index contributed by atoms with van der Waals surface area (Å²) in [4.78, 5) is 10.6. The van der Waals surface area contributed by atoms with Crippen molar-refractivity contribution in [1.82, 2.24) is 9.97 Å². The largest absolute Gasteiger partial charge is 0.456 e. The molecule has 12 rings (SSSR count). The molecule has 2 heterocycles. The summed E-state index contributed by atoms with van der Waals surface area (Å²) < 4.78 is 6.16. The van der Waals surface area contributed by atoms with Gasteiger partial charge in [-0.1, -0.05) is 194 Å². The maximum atomic E-state index is 6.16. The number of para-hydroxylation sites is 1. The predicted octanol–water partition coefficient (Wildman–Crippen LogP) is 15.1. The maximum Gasteiger partial charge on any atom is 0.160 e. The second-order valence-electron chi connectivity index (χ2n) is 16.1. The van der Waals surface area contributed by atoms with Gasteiger partial charge in [0.1, 0.15) is 11.2 Å². The normalized spacial score (nSPS) is 12.6. The molecule has 290 valence electrons. The molecule has 0 amide bonds. The van der Waals surface area contributed by atoms with E-state index in [0.717, 1.165) is 72.3 Å². The number of benzene rings is 9. The summed E-state index contributed by atoms with van der Waals surface area (Å²) in [5.41, 5.74) is 18.1. The van der Waals surface area contributed by atoms with Gasteiger partial charge in [-0.05, 0) is 92.0 Å². The predicted molar refractivity (Wildman–Crippen MR) is 254 cm³/mol. The minimum absolute atomic E-state index is 0.468. The van der Waals surface area contributed by atoms with E-state index in [1.807, 2.05) is 30.3 Å². The van der Waals surface area contributed by atoms with Crippen molar-refractivity contribution >= 4 is 21.9 Å². The van der Waals surface area contributed by atoms with Crippen LogP contribution in [0, 0.1) is 0 Å². The molecule has 0 bridgehead atoms. The van der Waals surface area contributed by atoms with Crippen LogP contribution in [0.5, 0.6) is 0 Å². The molecule has 0 radical (unpaired) electrons. The van der Waals surface area contributed by atoms with Crippen molar-refractivity contribution in [2.45, 2.75) is 5.41 Å². The Morgan fingerprint density at radius 2 is 0.871 bits per heavy atom. The lowest BCUT2D eigenvalue weighted by molar-refractivity contribution is 0.669. The van der Waals surface area contributed by atoms with E-state index in [9.17, 15) is 0 Å². The topological polar surface area (TPSA) is 38.9 Å². The number of fused-ring (bicyclic) bond motifs is 6. The van der Waals surface area contributed by atoms with Gasteiger partial charge in [0.2, 0.25) is 0 Å². The molecular formula is C59H38N2O. The highest BCUT2D eigenvalue weighted by Crippen LogP contribution is 2.56. The molecule has 0 saturated heterocycles. The molecule has 3 heteroatoms. The van der Waals surface area contributed by atoms with Gasteiger partial charge in [-0.2, -0.15) is 0 Å². The Morgan fingerprint density at radius 3 is 1.66 bits per heavy atom. The van der Waals surface area contributed by atoms with Gasteiger partial charge in [0, 0.05) is 27.5 Å². The molecule has 1 aliphatic rings. The van der Waals surface area contributed by atoms with Crippen LogP contribution in [0.3, 0.4) is 0 Å². The van der Waals surface area contributed by atoms with E-state index >= 15 is 0 Å². The Hall–Kier alpha value is -8.14. The van der Waals surface area contributed by atoms with Crippen LogP contribution in [0.4, 0.5) is 0 Å². The Labute approximate surface area is 360 Å². The summed E-state index contributed by atoms with van der Waals surface area (Å²) in [6.45, 7) is 0. The van der Waals surface area contributed by atoms with Crippen LogP contribution in [0.2, 0.25) is 0 Å². The first-order valence-corrected chi connectivity index (χ1v) is 21.1.